The molecule has 1 aliphatic rings. The summed E-state index contributed by atoms with van der Waals surface area (Å²) in [4.78, 5) is 23.5. The third-order valence-corrected chi connectivity index (χ3v) is 4.67. The first-order valence-electron chi connectivity index (χ1n) is 9.70. The van der Waals surface area contributed by atoms with Crippen molar-refractivity contribution in [2.75, 3.05) is 41.8 Å². The smallest absolute Gasteiger partial charge is 0.258 e. The summed E-state index contributed by atoms with van der Waals surface area (Å²) in [6.07, 6.45) is 0. The van der Waals surface area contributed by atoms with E-state index >= 15 is 0 Å². The van der Waals surface area contributed by atoms with Crippen LogP contribution in [0.3, 0.4) is 0 Å². The Hall–Kier alpha value is -3.52. The highest BCUT2D eigenvalue weighted by atomic mass is 19.1. The van der Waals surface area contributed by atoms with Gasteiger partial charge in [0.05, 0.1) is 18.8 Å². The molecule has 1 amide bonds. The molecule has 0 spiro atoms. The molecule has 1 fully saturated rings. The molecule has 7 nitrogen and oxygen atoms in total. The first-order valence-corrected chi connectivity index (χ1v) is 9.70. The van der Waals surface area contributed by atoms with Gasteiger partial charge in [-0.25, -0.2) is 9.37 Å². The molecule has 0 radical (unpaired) electrons. The van der Waals surface area contributed by atoms with Gasteiger partial charge in [0, 0.05) is 36.2 Å². The topological polar surface area (TPSA) is 79.4 Å². The Balaban J connectivity index is 1.44. The van der Waals surface area contributed by atoms with Crippen LogP contribution in [0.25, 0.3) is 0 Å². The average molecular weight is 407 g/mol. The molecule has 154 valence electrons. The van der Waals surface area contributed by atoms with Crippen LogP contribution in [0.5, 0.6) is 0 Å². The van der Waals surface area contributed by atoms with Crippen molar-refractivity contribution in [2.45, 2.75) is 6.92 Å². The van der Waals surface area contributed by atoms with Gasteiger partial charge < -0.3 is 20.3 Å². The fourth-order valence-electron chi connectivity index (χ4n) is 3.15. The van der Waals surface area contributed by atoms with Crippen LogP contribution in [0.15, 0.2) is 54.6 Å². The SMILES string of the molecule is Cc1cc(Nc2ccc(NC(=O)c3ccccc3F)cc2)nc(N2CCOCC2)n1. The molecule has 2 heterocycles. The number of anilines is 4. The van der Waals surface area contributed by atoms with E-state index in [1.54, 1.807) is 24.3 Å². The predicted molar refractivity (Wildman–Crippen MR) is 114 cm³/mol. The normalized spacial score (nSPS) is 13.7. The summed E-state index contributed by atoms with van der Waals surface area (Å²) in [6, 6.07) is 14.9. The molecule has 0 atom stereocenters. The van der Waals surface area contributed by atoms with Crippen LogP contribution in [0.2, 0.25) is 0 Å². The quantitative estimate of drug-likeness (QED) is 0.671. The Morgan fingerprint density at radius 2 is 1.73 bits per heavy atom. The Bertz CT molecular complexity index is 1040. The van der Waals surface area contributed by atoms with Crippen molar-refractivity contribution in [1.29, 1.82) is 0 Å². The number of nitrogens with one attached hydrogen (secondary N) is 2. The van der Waals surface area contributed by atoms with Crippen LogP contribution >= 0.6 is 0 Å². The fraction of sp³-hybridized carbons (Fsp3) is 0.227. The molecule has 30 heavy (non-hydrogen) atoms. The van der Waals surface area contributed by atoms with Crippen LogP contribution in [-0.4, -0.2) is 42.2 Å². The summed E-state index contributed by atoms with van der Waals surface area (Å²) < 4.78 is 19.1. The second kappa shape index (κ2) is 8.87. The van der Waals surface area contributed by atoms with Crippen molar-refractivity contribution in [3.63, 3.8) is 0 Å². The molecule has 8 heteroatoms. The van der Waals surface area contributed by atoms with Crippen molar-refractivity contribution in [1.82, 2.24) is 9.97 Å². The number of amides is 1. The number of nitrogens with zero attached hydrogens (tertiary/aromatic N) is 3. The van der Waals surface area contributed by atoms with Gasteiger partial charge in [0.1, 0.15) is 11.6 Å². The molecule has 1 aliphatic heterocycles. The van der Waals surface area contributed by atoms with Crippen molar-refractivity contribution in [3.8, 4) is 0 Å². The van der Waals surface area contributed by atoms with E-state index in [4.69, 9.17) is 4.74 Å². The van der Waals surface area contributed by atoms with E-state index in [1.807, 2.05) is 25.1 Å². The largest absolute Gasteiger partial charge is 0.378 e. The molecule has 0 bridgehead atoms. The Kier molecular flexibility index (Phi) is 5.85. The van der Waals surface area contributed by atoms with Gasteiger partial charge in [0.2, 0.25) is 5.95 Å². The van der Waals surface area contributed by atoms with Crippen LogP contribution in [-0.2, 0) is 4.74 Å². The van der Waals surface area contributed by atoms with Crippen molar-refractivity contribution in [2.24, 2.45) is 0 Å². The standard InChI is InChI=1S/C22H22FN5O2/c1-15-14-20(27-22(24-15)28-10-12-30-13-11-28)25-16-6-8-17(9-7-16)26-21(29)18-4-2-3-5-19(18)23/h2-9,14H,10-13H2,1H3,(H,26,29)(H,24,25,27). The van der Waals surface area contributed by atoms with E-state index in [1.165, 1.54) is 12.1 Å². The molecular formula is C22H22FN5O2. The zero-order valence-electron chi connectivity index (χ0n) is 16.6. The minimum atomic E-state index is -0.552. The first-order chi connectivity index (χ1) is 14.6. The van der Waals surface area contributed by atoms with Gasteiger partial charge in [-0.3, -0.25) is 4.79 Å². The van der Waals surface area contributed by atoms with Gasteiger partial charge in [-0.15, -0.1) is 0 Å². The molecule has 2 aromatic carbocycles. The molecular weight excluding hydrogens is 385 g/mol. The Morgan fingerprint density at radius 1 is 1.03 bits per heavy atom. The summed E-state index contributed by atoms with van der Waals surface area (Å²) in [7, 11) is 0. The van der Waals surface area contributed by atoms with Gasteiger partial charge in [-0.05, 0) is 43.3 Å². The molecule has 1 aromatic heterocycles. The highest BCUT2D eigenvalue weighted by Gasteiger charge is 2.15. The lowest BCUT2D eigenvalue weighted by molar-refractivity contribution is 0.102. The summed E-state index contributed by atoms with van der Waals surface area (Å²) in [5, 5.41) is 5.96. The molecule has 2 N–H and O–H groups in total. The lowest BCUT2D eigenvalue weighted by Crippen LogP contribution is -2.37. The van der Waals surface area contributed by atoms with E-state index in [-0.39, 0.29) is 5.56 Å². The summed E-state index contributed by atoms with van der Waals surface area (Å²) in [5.74, 6) is 0.320. The van der Waals surface area contributed by atoms with Gasteiger partial charge in [-0.1, -0.05) is 12.1 Å². The second-order valence-electron chi connectivity index (χ2n) is 6.93. The van der Waals surface area contributed by atoms with E-state index in [9.17, 15) is 9.18 Å². The summed E-state index contributed by atoms with van der Waals surface area (Å²) in [6.45, 7) is 4.79. The maximum Gasteiger partial charge on any atom is 0.258 e. The maximum atomic E-state index is 13.8. The lowest BCUT2D eigenvalue weighted by atomic mass is 10.2. The Morgan fingerprint density at radius 3 is 2.47 bits per heavy atom. The fourth-order valence-corrected chi connectivity index (χ4v) is 3.15. The highest BCUT2D eigenvalue weighted by molar-refractivity contribution is 6.04. The number of benzene rings is 2. The second-order valence-corrected chi connectivity index (χ2v) is 6.93. The first kappa shape index (κ1) is 19.8. The van der Waals surface area contributed by atoms with Gasteiger partial charge in [0.25, 0.3) is 5.91 Å². The maximum absolute atomic E-state index is 13.8. The van der Waals surface area contributed by atoms with E-state index < -0.39 is 11.7 Å². The van der Waals surface area contributed by atoms with Crippen LogP contribution in [0.1, 0.15) is 16.1 Å². The molecule has 1 saturated heterocycles. The third-order valence-electron chi connectivity index (χ3n) is 4.67. The van der Waals surface area contributed by atoms with E-state index in [0.29, 0.717) is 30.7 Å². The number of halogens is 1. The molecule has 3 aromatic rings. The predicted octanol–water partition coefficient (Wildman–Crippen LogP) is 3.76. The number of hydrogen-bond donors (Lipinski definition) is 2. The molecule has 0 saturated carbocycles. The minimum Gasteiger partial charge on any atom is -0.378 e. The zero-order chi connectivity index (χ0) is 20.9. The Labute approximate surface area is 173 Å². The number of carbonyl (C=O) groups excluding carboxylic acids is 1. The number of carbonyl (C=O) groups is 1. The van der Waals surface area contributed by atoms with Gasteiger partial charge in [0.15, 0.2) is 0 Å². The lowest BCUT2D eigenvalue weighted by Gasteiger charge is -2.27. The van der Waals surface area contributed by atoms with Crippen molar-refractivity contribution < 1.29 is 13.9 Å². The zero-order valence-corrected chi connectivity index (χ0v) is 16.6. The van der Waals surface area contributed by atoms with Crippen LogP contribution in [0.4, 0.5) is 27.5 Å². The number of aryl methyl sites for hydroxylation is 1. The van der Waals surface area contributed by atoms with E-state index in [2.05, 4.69) is 25.5 Å². The third kappa shape index (κ3) is 4.72. The molecule has 0 unspecified atom stereocenters. The van der Waals surface area contributed by atoms with Crippen molar-refractivity contribution >= 4 is 29.0 Å². The minimum absolute atomic E-state index is 0.00630. The van der Waals surface area contributed by atoms with Crippen LogP contribution in [0, 0.1) is 12.7 Å². The number of rotatable bonds is 5. The summed E-state index contributed by atoms with van der Waals surface area (Å²) >= 11 is 0. The average Bonchev–Trinajstić information content (AvgIpc) is 2.75. The monoisotopic (exact) mass is 407 g/mol. The highest BCUT2D eigenvalue weighted by Crippen LogP contribution is 2.21. The number of aromatic nitrogens is 2. The van der Waals surface area contributed by atoms with E-state index in [0.717, 1.165) is 24.5 Å². The number of morpholine rings is 1. The molecule has 0 aliphatic carbocycles. The number of hydrogen-bond acceptors (Lipinski definition) is 6. The van der Waals surface area contributed by atoms with Gasteiger partial charge >= 0.3 is 0 Å². The summed E-state index contributed by atoms with van der Waals surface area (Å²) in [5.41, 5.74) is 2.25. The molecule has 4 rings (SSSR count). The van der Waals surface area contributed by atoms with Crippen molar-refractivity contribution in [3.05, 3.63) is 71.7 Å². The van der Waals surface area contributed by atoms with Gasteiger partial charge in [-0.2, -0.15) is 4.98 Å². The number of ether oxygens (including phenoxy) is 1. The van der Waals surface area contributed by atoms with Crippen LogP contribution < -0.4 is 15.5 Å².